The molecule has 10 nitrogen and oxygen atoms in total. The van der Waals surface area contributed by atoms with Crippen LogP contribution in [0.2, 0.25) is 5.02 Å². The predicted molar refractivity (Wildman–Crippen MR) is 130 cm³/mol. The summed E-state index contributed by atoms with van der Waals surface area (Å²) in [5.41, 5.74) is 0.144. The highest BCUT2D eigenvalue weighted by Gasteiger charge is 2.22. The van der Waals surface area contributed by atoms with E-state index in [2.05, 4.69) is 5.32 Å². The number of amides is 1. The molecule has 0 heterocycles. The van der Waals surface area contributed by atoms with Gasteiger partial charge in [-0.25, -0.2) is 4.79 Å². The van der Waals surface area contributed by atoms with Crippen molar-refractivity contribution in [1.29, 1.82) is 0 Å². The number of rotatable bonds is 10. The van der Waals surface area contributed by atoms with Crippen molar-refractivity contribution in [2.24, 2.45) is 0 Å². The van der Waals surface area contributed by atoms with E-state index < -0.39 is 34.9 Å². The van der Waals surface area contributed by atoms with Gasteiger partial charge in [0.25, 0.3) is 11.6 Å². The SMILES string of the molecule is COc1ccc(CNC(=O)COC(=O)c2ccccc2C(=O)c2ccc(Cl)c([N+](=O)[O-])c2)cc1OC. The molecule has 0 aliphatic carbocycles. The van der Waals surface area contributed by atoms with Crippen molar-refractivity contribution in [3.63, 3.8) is 0 Å². The summed E-state index contributed by atoms with van der Waals surface area (Å²) in [6.45, 7) is -0.428. The standard InChI is InChI=1S/C25H21ClN2O8/c1-34-21-10-7-15(11-22(21)35-2)13-27-23(29)14-36-25(31)18-6-4-3-5-17(18)24(30)16-8-9-19(26)20(12-16)28(32)33/h3-12H,13-14H2,1-2H3,(H,27,29). The quantitative estimate of drug-likeness (QED) is 0.187. The minimum absolute atomic E-state index is 0.0287. The van der Waals surface area contributed by atoms with Crippen LogP contribution in [-0.4, -0.2) is 43.4 Å². The molecule has 0 unspecified atom stereocenters. The number of hydrogen-bond acceptors (Lipinski definition) is 8. The van der Waals surface area contributed by atoms with Crippen LogP contribution < -0.4 is 14.8 Å². The summed E-state index contributed by atoms with van der Waals surface area (Å²) >= 11 is 5.81. The van der Waals surface area contributed by atoms with Gasteiger partial charge >= 0.3 is 5.97 Å². The number of halogens is 1. The third kappa shape index (κ3) is 6.16. The number of benzene rings is 3. The Balaban J connectivity index is 1.66. The molecule has 11 heteroatoms. The number of nitrogens with one attached hydrogen (secondary N) is 1. The van der Waals surface area contributed by atoms with Crippen LogP contribution in [0, 0.1) is 10.1 Å². The maximum Gasteiger partial charge on any atom is 0.339 e. The minimum atomic E-state index is -0.899. The smallest absolute Gasteiger partial charge is 0.339 e. The van der Waals surface area contributed by atoms with Crippen LogP contribution in [0.3, 0.4) is 0 Å². The van der Waals surface area contributed by atoms with Crippen molar-refractivity contribution in [3.8, 4) is 11.5 Å². The number of carbonyl (C=O) groups is 3. The molecule has 36 heavy (non-hydrogen) atoms. The van der Waals surface area contributed by atoms with E-state index in [-0.39, 0.29) is 28.3 Å². The van der Waals surface area contributed by atoms with Crippen LogP contribution in [0.25, 0.3) is 0 Å². The molecule has 0 aliphatic heterocycles. The number of ketones is 1. The van der Waals surface area contributed by atoms with E-state index in [1.54, 1.807) is 18.2 Å². The van der Waals surface area contributed by atoms with Gasteiger partial charge in [0.05, 0.1) is 24.7 Å². The van der Waals surface area contributed by atoms with Gasteiger partial charge in [-0.1, -0.05) is 35.9 Å². The second kappa shape index (κ2) is 11.8. The Bertz CT molecular complexity index is 1330. The fourth-order valence-electron chi connectivity index (χ4n) is 3.26. The van der Waals surface area contributed by atoms with Gasteiger partial charge in [0.1, 0.15) is 5.02 Å². The Labute approximate surface area is 210 Å². The second-order valence-electron chi connectivity index (χ2n) is 7.34. The monoisotopic (exact) mass is 512 g/mol. The summed E-state index contributed by atoms with van der Waals surface area (Å²) in [6, 6.07) is 14.5. The Kier molecular flexibility index (Phi) is 8.58. The molecule has 3 aromatic rings. The van der Waals surface area contributed by atoms with Crippen molar-refractivity contribution in [2.45, 2.75) is 6.54 Å². The molecule has 0 spiro atoms. The lowest BCUT2D eigenvalue weighted by atomic mass is 9.98. The lowest BCUT2D eigenvalue weighted by Gasteiger charge is -2.11. The van der Waals surface area contributed by atoms with Gasteiger partial charge in [0, 0.05) is 23.7 Å². The fourth-order valence-corrected chi connectivity index (χ4v) is 3.45. The zero-order chi connectivity index (χ0) is 26.2. The zero-order valence-corrected chi connectivity index (χ0v) is 20.0. The average Bonchev–Trinajstić information content (AvgIpc) is 2.89. The molecule has 0 saturated carbocycles. The highest BCUT2D eigenvalue weighted by molar-refractivity contribution is 6.33. The number of nitro groups is 1. The average molecular weight is 513 g/mol. The molecule has 0 saturated heterocycles. The number of hydrogen-bond donors (Lipinski definition) is 1. The van der Waals surface area contributed by atoms with Gasteiger partial charge in [-0.3, -0.25) is 19.7 Å². The van der Waals surface area contributed by atoms with Crippen molar-refractivity contribution >= 4 is 34.9 Å². The van der Waals surface area contributed by atoms with E-state index in [0.29, 0.717) is 11.5 Å². The van der Waals surface area contributed by atoms with Gasteiger partial charge in [-0.05, 0) is 35.9 Å². The van der Waals surface area contributed by atoms with E-state index in [1.807, 2.05) is 0 Å². The maximum absolute atomic E-state index is 13.0. The predicted octanol–water partition coefficient (Wildman–Crippen LogP) is 3.97. The molecule has 3 rings (SSSR count). The summed E-state index contributed by atoms with van der Waals surface area (Å²) in [7, 11) is 3.01. The van der Waals surface area contributed by atoms with Crippen LogP contribution in [-0.2, 0) is 16.1 Å². The van der Waals surface area contributed by atoms with Crippen LogP contribution in [0.5, 0.6) is 11.5 Å². The fraction of sp³-hybridized carbons (Fsp3) is 0.160. The first-order valence-electron chi connectivity index (χ1n) is 10.5. The molecule has 0 fully saturated rings. The Morgan fingerprint density at radius 3 is 2.31 bits per heavy atom. The van der Waals surface area contributed by atoms with Gasteiger partial charge in [-0.2, -0.15) is 0 Å². The first-order valence-corrected chi connectivity index (χ1v) is 10.8. The number of nitrogens with zero attached hydrogens (tertiary/aromatic N) is 1. The third-order valence-corrected chi connectivity index (χ3v) is 5.39. The molecular weight excluding hydrogens is 492 g/mol. The largest absolute Gasteiger partial charge is 0.493 e. The van der Waals surface area contributed by atoms with Crippen molar-refractivity contribution in [2.75, 3.05) is 20.8 Å². The van der Waals surface area contributed by atoms with Crippen LogP contribution in [0.4, 0.5) is 5.69 Å². The minimum Gasteiger partial charge on any atom is -0.493 e. The van der Waals surface area contributed by atoms with Crippen LogP contribution in [0.15, 0.2) is 60.7 Å². The molecule has 0 radical (unpaired) electrons. The third-order valence-electron chi connectivity index (χ3n) is 5.07. The van der Waals surface area contributed by atoms with Crippen molar-refractivity contribution in [3.05, 3.63) is 98.1 Å². The number of esters is 1. The molecule has 0 atom stereocenters. The molecule has 186 valence electrons. The Hall–Kier alpha value is -4.44. The highest BCUT2D eigenvalue weighted by atomic mass is 35.5. The Morgan fingerprint density at radius 1 is 0.944 bits per heavy atom. The number of carbonyl (C=O) groups excluding carboxylic acids is 3. The molecular formula is C25H21ClN2O8. The number of ether oxygens (including phenoxy) is 3. The first-order chi connectivity index (χ1) is 17.2. The summed E-state index contributed by atoms with van der Waals surface area (Å²) in [5, 5.41) is 13.7. The van der Waals surface area contributed by atoms with Gasteiger partial charge in [0.15, 0.2) is 23.9 Å². The van der Waals surface area contributed by atoms with Gasteiger partial charge < -0.3 is 19.5 Å². The summed E-state index contributed by atoms with van der Waals surface area (Å²) in [4.78, 5) is 48.3. The Morgan fingerprint density at radius 2 is 1.64 bits per heavy atom. The van der Waals surface area contributed by atoms with Crippen LogP contribution in [0.1, 0.15) is 31.8 Å². The molecule has 1 N–H and O–H groups in total. The van der Waals surface area contributed by atoms with Gasteiger partial charge in [0.2, 0.25) is 0 Å². The van der Waals surface area contributed by atoms with Gasteiger partial charge in [-0.15, -0.1) is 0 Å². The second-order valence-corrected chi connectivity index (χ2v) is 7.75. The number of methoxy groups -OCH3 is 2. The molecule has 1 amide bonds. The van der Waals surface area contributed by atoms with Crippen LogP contribution >= 0.6 is 11.6 Å². The highest BCUT2D eigenvalue weighted by Crippen LogP contribution is 2.28. The zero-order valence-electron chi connectivity index (χ0n) is 19.3. The lowest BCUT2D eigenvalue weighted by molar-refractivity contribution is -0.384. The molecule has 0 aromatic heterocycles. The normalized spacial score (nSPS) is 10.3. The lowest BCUT2D eigenvalue weighted by Crippen LogP contribution is -2.28. The van der Waals surface area contributed by atoms with E-state index in [0.717, 1.165) is 11.6 Å². The molecule has 3 aromatic carbocycles. The molecule has 0 bridgehead atoms. The number of nitro benzene ring substituents is 1. The van der Waals surface area contributed by atoms with Crippen molar-refractivity contribution in [1.82, 2.24) is 5.32 Å². The summed E-state index contributed by atoms with van der Waals surface area (Å²) in [5.74, 6) is -1.05. The van der Waals surface area contributed by atoms with E-state index in [1.165, 1.54) is 50.6 Å². The maximum atomic E-state index is 13.0. The summed E-state index contributed by atoms with van der Waals surface area (Å²) in [6.07, 6.45) is 0. The van der Waals surface area contributed by atoms with E-state index >= 15 is 0 Å². The van der Waals surface area contributed by atoms with Crippen molar-refractivity contribution < 1.29 is 33.5 Å². The topological polar surface area (TPSA) is 134 Å². The summed E-state index contributed by atoms with van der Waals surface area (Å²) < 4.78 is 15.5. The van der Waals surface area contributed by atoms with E-state index in [9.17, 15) is 24.5 Å². The first kappa shape index (κ1) is 26.2. The van der Waals surface area contributed by atoms with E-state index in [4.69, 9.17) is 25.8 Å². The molecule has 0 aliphatic rings.